The molecule has 20 heavy (non-hydrogen) atoms. The van der Waals surface area contributed by atoms with Crippen molar-refractivity contribution in [1.29, 1.82) is 0 Å². The van der Waals surface area contributed by atoms with Crippen molar-refractivity contribution in [3.05, 3.63) is 17.2 Å². The second-order valence-electron chi connectivity index (χ2n) is 5.98. The Balaban J connectivity index is 1.85. The Morgan fingerprint density at radius 2 is 2.30 bits per heavy atom. The molecule has 5 nitrogen and oxygen atoms in total. The number of hydrogen-bond acceptors (Lipinski definition) is 4. The molecule has 0 saturated carbocycles. The highest BCUT2D eigenvalue weighted by Crippen LogP contribution is 2.24. The molecule has 1 aromatic rings. The smallest absolute Gasteiger partial charge is 0.150 e. The van der Waals surface area contributed by atoms with E-state index in [1.807, 2.05) is 0 Å². The second kappa shape index (κ2) is 5.48. The SMILES string of the molecule is CCCc1nc2c(n1CC1CCS(=O)(=O)C1)CCNC2. The minimum Gasteiger partial charge on any atom is -0.331 e. The maximum absolute atomic E-state index is 11.6. The quantitative estimate of drug-likeness (QED) is 0.897. The number of sulfone groups is 1. The molecule has 0 aliphatic carbocycles. The molecule has 0 bridgehead atoms. The van der Waals surface area contributed by atoms with Gasteiger partial charge < -0.3 is 9.88 Å². The third-order valence-electron chi connectivity index (χ3n) is 4.31. The lowest BCUT2D eigenvalue weighted by atomic mass is 10.1. The van der Waals surface area contributed by atoms with Crippen molar-refractivity contribution in [1.82, 2.24) is 14.9 Å². The molecule has 0 amide bonds. The van der Waals surface area contributed by atoms with E-state index in [1.54, 1.807) is 0 Å². The lowest BCUT2D eigenvalue weighted by Crippen LogP contribution is -2.26. The van der Waals surface area contributed by atoms with Crippen LogP contribution in [0, 0.1) is 5.92 Å². The van der Waals surface area contributed by atoms with Crippen molar-refractivity contribution in [2.24, 2.45) is 5.92 Å². The normalized spacial score (nSPS) is 24.8. The van der Waals surface area contributed by atoms with E-state index < -0.39 is 9.84 Å². The average Bonchev–Trinajstić information content (AvgIpc) is 2.92. The van der Waals surface area contributed by atoms with Gasteiger partial charge >= 0.3 is 0 Å². The molecule has 112 valence electrons. The van der Waals surface area contributed by atoms with Gasteiger partial charge in [0.1, 0.15) is 5.82 Å². The van der Waals surface area contributed by atoms with E-state index in [4.69, 9.17) is 4.98 Å². The number of nitrogens with one attached hydrogen (secondary N) is 1. The number of fused-ring (bicyclic) bond motifs is 1. The molecule has 1 N–H and O–H groups in total. The molecular formula is C14H23N3O2S. The maximum atomic E-state index is 11.6. The van der Waals surface area contributed by atoms with Gasteiger partial charge in [0.25, 0.3) is 0 Å². The maximum Gasteiger partial charge on any atom is 0.150 e. The first-order valence-electron chi connectivity index (χ1n) is 7.57. The molecular weight excluding hydrogens is 274 g/mol. The van der Waals surface area contributed by atoms with Crippen LogP contribution < -0.4 is 5.32 Å². The molecule has 1 aromatic heterocycles. The van der Waals surface area contributed by atoms with E-state index in [9.17, 15) is 8.42 Å². The number of aromatic nitrogens is 2. The molecule has 2 aliphatic heterocycles. The summed E-state index contributed by atoms with van der Waals surface area (Å²) in [5, 5.41) is 3.36. The van der Waals surface area contributed by atoms with Crippen LogP contribution in [0.2, 0.25) is 0 Å². The van der Waals surface area contributed by atoms with Crippen LogP contribution in [0.4, 0.5) is 0 Å². The van der Waals surface area contributed by atoms with Crippen LogP contribution in [0.3, 0.4) is 0 Å². The third-order valence-corrected chi connectivity index (χ3v) is 6.14. The van der Waals surface area contributed by atoms with Gasteiger partial charge in [-0.05, 0) is 18.8 Å². The first kappa shape index (κ1) is 14.1. The van der Waals surface area contributed by atoms with E-state index in [2.05, 4.69) is 16.8 Å². The van der Waals surface area contributed by atoms with Crippen molar-refractivity contribution in [2.45, 2.75) is 45.7 Å². The molecule has 1 atom stereocenters. The Morgan fingerprint density at radius 3 is 3.00 bits per heavy atom. The molecule has 6 heteroatoms. The third kappa shape index (κ3) is 2.76. The largest absolute Gasteiger partial charge is 0.331 e. The van der Waals surface area contributed by atoms with Gasteiger partial charge in [0.05, 0.1) is 17.2 Å². The lowest BCUT2D eigenvalue weighted by Gasteiger charge is -2.18. The van der Waals surface area contributed by atoms with E-state index in [0.717, 1.165) is 51.1 Å². The average molecular weight is 297 g/mol. The Hall–Kier alpha value is -0.880. The summed E-state index contributed by atoms with van der Waals surface area (Å²) < 4.78 is 25.6. The molecule has 2 aliphatic rings. The highest BCUT2D eigenvalue weighted by molar-refractivity contribution is 7.91. The number of hydrogen-bond donors (Lipinski definition) is 1. The molecule has 0 aromatic carbocycles. The summed E-state index contributed by atoms with van der Waals surface area (Å²) in [6.07, 6.45) is 3.86. The Bertz CT molecular complexity index is 592. The van der Waals surface area contributed by atoms with Crippen molar-refractivity contribution in [3.63, 3.8) is 0 Å². The van der Waals surface area contributed by atoms with Crippen LogP contribution in [0.25, 0.3) is 0 Å². The minimum absolute atomic E-state index is 0.267. The standard InChI is InChI=1S/C14H23N3O2S/c1-2-3-14-16-12-8-15-6-4-13(12)17(14)9-11-5-7-20(18,19)10-11/h11,15H,2-10H2,1H3. The predicted octanol–water partition coefficient (Wildman–Crippen LogP) is 0.916. The molecule has 0 radical (unpaired) electrons. The zero-order valence-corrected chi connectivity index (χ0v) is 12.9. The minimum atomic E-state index is -2.79. The van der Waals surface area contributed by atoms with Crippen LogP contribution in [0.1, 0.15) is 37.0 Å². The number of rotatable bonds is 4. The second-order valence-corrected chi connectivity index (χ2v) is 8.21. The number of nitrogens with zero attached hydrogens (tertiary/aromatic N) is 2. The Labute approximate surface area is 120 Å². The van der Waals surface area contributed by atoms with Crippen molar-refractivity contribution < 1.29 is 8.42 Å². The fraction of sp³-hybridized carbons (Fsp3) is 0.786. The van der Waals surface area contributed by atoms with E-state index in [0.29, 0.717) is 11.5 Å². The molecule has 1 fully saturated rings. The fourth-order valence-electron chi connectivity index (χ4n) is 3.33. The van der Waals surface area contributed by atoms with Gasteiger partial charge in [-0.1, -0.05) is 6.92 Å². The molecule has 1 unspecified atom stereocenters. The van der Waals surface area contributed by atoms with Crippen molar-refractivity contribution >= 4 is 9.84 Å². The van der Waals surface area contributed by atoms with Crippen LogP contribution in [-0.2, 0) is 35.8 Å². The van der Waals surface area contributed by atoms with Crippen molar-refractivity contribution in [2.75, 3.05) is 18.1 Å². The Kier molecular flexibility index (Phi) is 3.86. The summed E-state index contributed by atoms with van der Waals surface area (Å²) in [6, 6.07) is 0. The topological polar surface area (TPSA) is 64.0 Å². The van der Waals surface area contributed by atoms with Crippen LogP contribution >= 0.6 is 0 Å². The zero-order chi connectivity index (χ0) is 14.2. The summed E-state index contributed by atoms with van der Waals surface area (Å²) in [4.78, 5) is 4.77. The van der Waals surface area contributed by atoms with Gasteiger partial charge in [-0.15, -0.1) is 0 Å². The number of imidazole rings is 1. The van der Waals surface area contributed by atoms with Gasteiger partial charge in [-0.2, -0.15) is 0 Å². The molecule has 3 rings (SSSR count). The highest BCUT2D eigenvalue weighted by Gasteiger charge is 2.30. The van der Waals surface area contributed by atoms with E-state index in [1.165, 1.54) is 11.4 Å². The van der Waals surface area contributed by atoms with Crippen LogP contribution in [-0.4, -0.2) is 36.0 Å². The first-order chi connectivity index (χ1) is 9.59. The zero-order valence-electron chi connectivity index (χ0n) is 12.1. The summed E-state index contributed by atoms with van der Waals surface area (Å²) in [5.41, 5.74) is 2.50. The summed E-state index contributed by atoms with van der Waals surface area (Å²) in [5.74, 6) is 2.12. The fourth-order valence-corrected chi connectivity index (χ4v) is 5.18. The van der Waals surface area contributed by atoms with Crippen molar-refractivity contribution in [3.8, 4) is 0 Å². The first-order valence-corrected chi connectivity index (χ1v) is 9.39. The summed E-state index contributed by atoms with van der Waals surface area (Å²) >= 11 is 0. The van der Waals surface area contributed by atoms with Gasteiger partial charge in [0.15, 0.2) is 9.84 Å². The molecule has 1 saturated heterocycles. The van der Waals surface area contributed by atoms with E-state index in [-0.39, 0.29) is 5.92 Å². The Morgan fingerprint density at radius 1 is 1.45 bits per heavy atom. The van der Waals surface area contributed by atoms with Gasteiger partial charge in [0, 0.05) is 38.2 Å². The van der Waals surface area contributed by atoms with E-state index >= 15 is 0 Å². The van der Waals surface area contributed by atoms with Crippen LogP contribution in [0.5, 0.6) is 0 Å². The lowest BCUT2D eigenvalue weighted by molar-refractivity contribution is 0.460. The monoisotopic (exact) mass is 297 g/mol. The molecule has 3 heterocycles. The van der Waals surface area contributed by atoms with Crippen LogP contribution in [0.15, 0.2) is 0 Å². The summed E-state index contributed by atoms with van der Waals surface area (Å²) in [6.45, 7) is 4.84. The predicted molar refractivity (Wildman–Crippen MR) is 78.4 cm³/mol. The summed E-state index contributed by atoms with van der Waals surface area (Å²) in [7, 11) is -2.79. The van der Waals surface area contributed by atoms with Gasteiger partial charge in [0.2, 0.25) is 0 Å². The number of aryl methyl sites for hydroxylation is 1. The highest BCUT2D eigenvalue weighted by atomic mass is 32.2. The molecule has 0 spiro atoms. The van der Waals surface area contributed by atoms with Gasteiger partial charge in [-0.3, -0.25) is 0 Å². The van der Waals surface area contributed by atoms with Gasteiger partial charge in [-0.25, -0.2) is 13.4 Å².